The number of rotatable bonds is 6. The van der Waals surface area contributed by atoms with Crippen LogP contribution in [0.3, 0.4) is 0 Å². The van der Waals surface area contributed by atoms with Gasteiger partial charge in [0.05, 0.1) is 11.9 Å². The molecule has 2 amide bonds. The van der Waals surface area contributed by atoms with E-state index in [1.165, 1.54) is 5.70 Å². The number of pyridine rings is 1. The summed E-state index contributed by atoms with van der Waals surface area (Å²) in [5, 5.41) is 2.96. The summed E-state index contributed by atoms with van der Waals surface area (Å²) in [5.74, 6) is 0.804. The smallest absolute Gasteiger partial charge is 0.410 e. The molecule has 1 N–H and O–H groups in total. The predicted molar refractivity (Wildman–Crippen MR) is 136 cm³/mol. The Morgan fingerprint density at radius 3 is 2.38 bits per heavy atom. The summed E-state index contributed by atoms with van der Waals surface area (Å²) < 4.78 is 5.47. The molecule has 1 aromatic rings. The standard InChI is InChI=1S/C26H39N5O3/c1-7-19(2)29(6)23-13-10-21(18-27-23)28-24(32)20-8-11-22(12-9-20)30-14-16-31(17-15-30)25(33)34-26(3,4)5/h8,10-11,13,18-19H,7,9,12,14-17H2,1-6H3,(H,28,32). The number of nitrogens with zero attached hydrogens (tertiary/aromatic N) is 4. The van der Waals surface area contributed by atoms with Crippen molar-refractivity contribution in [1.82, 2.24) is 14.8 Å². The largest absolute Gasteiger partial charge is 0.444 e. The predicted octanol–water partition coefficient (Wildman–Crippen LogP) is 4.41. The van der Waals surface area contributed by atoms with Crippen LogP contribution in [0.2, 0.25) is 0 Å². The van der Waals surface area contributed by atoms with Crippen LogP contribution in [-0.4, -0.2) is 71.7 Å². The monoisotopic (exact) mass is 469 g/mol. The second-order valence-electron chi connectivity index (χ2n) is 10.0. The highest BCUT2D eigenvalue weighted by atomic mass is 16.6. The first-order chi connectivity index (χ1) is 16.1. The van der Waals surface area contributed by atoms with Gasteiger partial charge in [-0.25, -0.2) is 9.78 Å². The number of anilines is 2. The first-order valence-corrected chi connectivity index (χ1v) is 12.2. The fourth-order valence-electron chi connectivity index (χ4n) is 3.96. The van der Waals surface area contributed by atoms with Gasteiger partial charge in [0.15, 0.2) is 0 Å². The molecule has 1 fully saturated rings. The Morgan fingerprint density at radius 2 is 1.85 bits per heavy atom. The Labute approximate surface area is 203 Å². The number of hydrogen-bond acceptors (Lipinski definition) is 6. The van der Waals surface area contributed by atoms with E-state index in [9.17, 15) is 9.59 Å². The van der Waals surface area contributed by atoms with Crippen molar-refractivity contribution in [2.24, 2.45) is 0 Å². The van der Waals surface area contributed by atoms with Gasteiger partial charge in [0.1, 0.15) is 11.4 Å². The average Bonchev–Trinajstić information content (AvgIpc) is 2.82. The van der Waals surface area contributed by atoms with Gasteiger partial charge in [-0.05, 0) is 65.2 Å². The number of carbonyl (C=O) groups excluding carboxylic acids is 2. The lowest BCUT2D eigenvalue weighted by atomic mass is 10.0. The Hall–Kier alpha value is -3.03. The van der Waals surface area contributed by atoms with Crippen molar-refractivity contribution in [3.8, 4) is 0 Å². The van der Waals surface area contributed by atoms with Crippen LogP contribution in [0, 0.1) is 0 Å². The van der Waals surface area contributed by atoms with E-state index < -0.39 is 5.60 Å². The minimum absolute atomic E-state index is 0.0881. The van der Waals surface area contributed by atoms with Gasteiger partial charge < -0.3 is 24.8 Å². The first kappa shape index (κ1) is 25.6. The molecular formula is C26H39N5O3. The van der Waals surface area contributed by atoms with Gasteiger partial charge in [-0.3, -0.25) is 4.79 Å². The van der Waals surface area contributed by atoms with Crippen LogP contribution >= 0.6 is 0 Å². The van der Waals surface area contributed by atoms with Gasteiger partial charge in [-0.2, -0.15) is 0 Å². The van der Waals surface area contributed by atoms with Crippen molar-refractivity contribution < 1.29 is 14.3 Å². The van der Waals surface area contributed by atoms with Crippen molar-refractivity contribution in [3.05, 3.63) is 41.8 Å². The number of amides is 2. The van der Waals surface area contributed by atoms with Crippen molar-refractivity contribution in [2.45, 2.75) is 65.5 Å². The van der Waals surface area contributed by atoms with Gasteiger partial charge in [0.2, 0.25) is 0 Å². The van der Waals surface area contributed by atoms with Gasteiger partial charge in [-0.1, -0.05) is 13.0 Å². The molecule has 1 aromatic heterocycles. The Kier molecular flexibility index (Phi) is 8.23. The number of carbonyl (C=O) groups is 2. The molecule has 0 aromatic carbocycles. The topological polar surface area (TPSA) is 78.0 Å². The molecule has 1 saturated heterocycles. The molecule has 1 unspecified atom stereocenters. The summed E-state index contributed by atoms with van der Waals surface area (Å²) in [6, 6.07) is 4.24. The van der Waals surface area contributed by atoms with E-state index in [-0.39, 0.29) is 12.0 Å². The minimum atomic E-state index is -0.482. The third-order valence-electron chi connectivity index (χ3n) is 6.38. The third-order valence-corrected chi connectivity index (χ3v) is 6.38. The van der Waals surface area contributed by atoms with Crippen LogP contribution in [-0.2, 0) is 9.53 Å². The zero-order valence-electron chi connectivity index (χ0n) is 21.4. The fraction of sp³-hybridized carbons (Fsp3) is 0.577. The highest BCUT2D eigenvalue weighted by Crippen LogP contribution is 2.24. The van der Waals surface area contributed by atoms with E-state index >= 15 is 0 Å². The van der Waals surface area contributed by atoms with Crippen LogP contribution in [0.5, 0.6) is 0 Å². The molecule has 8 nitrogen and oxygen atoms in total. The number of piperazine rings is 1. The lowest BCUT2D eigenvalue weighted by Crippen LogP contribution is -2.49. The molecule has 8 heteroatoms. The van der Waals surface area contributed by atoms with Gasteiger partial charge in [0, 0.05) is 50.5 Å². The molecule has 1 atom stereocenters. The lowest BCUT2D eigenvalue weighted by Gasteiger charge is -2.38. The summed E-state index contributed by atoms with van der Waals surface area (Å²) >= 11 is 0. The highest BCUT2D eigenvalue weighted by molar-refractivity contribution is 6.04. The summed E-state index contributed by atoms with van der Waals surface area (Å²) in [4.78, 5) is 35.7. The summed E-state index contributed by atoms with van der Waals surface area (Å²) in [5.41, 5.74) is 2.18. The van der Waals surface area contributed by atoms with E-state index in [4.69, 9.17) is 4.74 Å². The van der Waals surface area contributed by atoms with Crippen molar-refractivity contribution in [3.63, 3.8) is 0 Å². The molecular weight excluding hydrogens is 430 g/mol. The van der Waals surface area contributed by atoms with E-state index in [1.807, 2.05) is 52.1 Å². The number of aromatic nitrogens is 1. The zero-order valence-corrected chi connectivity index (χ0v) is 21.4. The van der Waals surface area contributed by atoms with Crippen LogP contribution in [0.4, 0.5) is 16.3 Å². The molecule has 0 saturated carbocycles. The average molecular weight is 470 g/mol. The van der Waals surface area contributed by atoms with Crippen LogP contribution in [0.1, 0.15) is 53.9 Å². The molecule has 3 rings (SSSR count). The maximum absolute atomic E-state index is 12.7. The summed E-state index contributed by atoms with van der Waals surface area (Å²) in [6.07, 6.45) is 7.93. The molecule has 0 spiro atoms. The van der Waals surface area contributed by atoms with Crippen LogP contribution in [0.15, 0.2) is 41.8 Å². The molecule has 0 radical (unpaired) electrons. The molecule has 1 aliphatic carbocycles. The molecule has 34 heavy (non-hydrogen) atoms. The second kappa shape index (κ2) is 10.9. The highest BCUT2D eigenvalue weighted by Gasteiger charge is 2.27. The molecule has 1 aliphatic heterocycles. The number of nitrogens with one attached hydrogen (secondary N) is 1. The number of ether oxygens (including phenoxy) is 1. The Bertz CT molecular complexity index is 925. The van der Waals surface area contributed by atoms with Gasteiger partial charge >= 0.3 is 6.09 Å². The SMILES string of the molecule is CCC(C)N(C)c1ccc(NC(=O)C2=CC=C(N3CCN(C(=O)OC(C)(C)C)CC3)CC2)cn1. The van der Waals surface area contributed by atoms with E-state index in [1.54, 1.807) is 11.1 Å². The molecule has 186 valence electrons. The first-order valence-electron chi connectivity index (χ1n) is 12.2. The van der Waals surface area contributed by atoms with Crippen molar-refractivity contribution >= 4 is 23.5 Å². The lowest BCUT2D eigenvalue weighted by molar-refractivity contribution is -0.113. The Balaban J connectivity index is 1.52. The van der Waals surface area contributed by atoms with Crippen LogP contribution < -0.4 is 10.2 Å². The second-order valence-corrected chi connectivity index (χ2v) is 10.0. The van der Waals surface area contributed by atoms with E-state index in [0.29, 0.717) is 31.2 Å². The maximum Gasteiger partial charge on any atom is 0.410 e. The van der Waals surface area contributed by atoms with E-state index in [2.05, 4.69) is 33.9 Å². The maximum atomic E-state index is 12.7. The number of hydrogen-bond donors (Lipinski definition) is 1. The third kappa shape index (κ3) is 6.74. The normalized spacial score (nSPS) is 17.5. The minimum Gasteiger partial charge on any atom is -0.444 e. The van der Waals surface area contributed by atoms with Crippen molar-refractivity contribution in [2.75, 3.05) is 43.4 Å². The summed E-state index contributed by atoms with van der Waals surface area (Å²) in [6.45, 7) is 12.8. The van der Waals surface area contributed by atoms with Gasteiger partial charge in [0.25, 0.3) is 5.91 Å². The molecule has 2 heterocycles. The molecule has 2 aliphatic rings. The van der Waals surface area contributed by atoms with Crippen LogP contribution in [0.25, 0.3) is 0 Å². The van der Waals surface area contributed by atoms with Crippen molar-refractivity contribution in [1.29, 1.82) is 0 Å². The summed E-state index contributed by atoms with van der Waals surface area (Å²) in [7, 11) is 2.03. The quantitative estimate of drug-likeness (QED) is 0.665. The fourth-order valence-corrected chi connectivity index (χ4v) is 3.96. The molecule has 0 bridgehead atoms. The zero-order chi connectivity index (χ0) is 24.9. The number of allylic oxidation sites excluding steroid dienone is 3. The Morgan fingerprint density at radius 1 is 1.15 bits per heavy atom. The van der Waals surface area contributed by atoms with E-state index in [0.717, 1.165) is 37.3 Å². The van der Waals surface area contributed by atoms with Gasteiger partial charge in [-0.15, -0.1) is 0 Å².